The summed E-state index contributed by atoms with van der Waals surface area (Å²) in [5.74, 6) is 0.0547. The van der Waals surface area contributed by atoms with Crippen LogP contribution in [0.4, 0.5) is 0 Å². The smallest absolute Gasteiger partial charge is 0.161 e. The molecule has 0 N–H and O–H groups in total. The zero-order valence-corrected chi connectivity index (χ0v) is 8.45. The van der Waals surface area contributed by atoms with Gasteiger partial charge in [-0.2, -0.15) is 0 Å². The molecule has 0 saturated heterocycles. The van der Waals surface area contributed by atoms with Crippen LogP contribution in [0.15, 0.2) is 59.5 Å². The highest BCUT2D eigenvalue weighted by Gasteiger charge is 2.12. The highest BCUT2D eigenvalue weighted by molar-refractivity contribution is 6.09. The quantitative estimate of drug-likeness (QED) is 0.661. The normalized spacial score (nSPS) is 13.4. The molecule has 0 aromatic heterocycles. The summed E-state index contributed by atoms with van der Waals surface area (Å²) in [5.41, 5.74) is 8.38. The van der Waals surface area contributed by atoms with Crippen LogP contribution in [0, 0.1) is 0 Å². The Morgan fingerprint density at radius 3 is 2.60 bits per heavy atom. The van der Waals surface area contributed by atoms with Crippen LogP contribution in [0.5, 0.6) is 0 Å². The monoisotopic (exact) mass is 194 g/mol. The van der Waals surface area contributed by atoms with Gasteiger partial charge in [-0.25, -0.2) is 0 Å². The first-order valence-electron chi connectivity index (χ1n) is 4.78. The van der Waals surface area contributed by atoms with Gasteiger partial charge in [0.05, 0.1) is 0 Å². The Morgan fingerprint density at radius 2 is 1.93 bits per heavy atom. The number of ketones is 1. The Hall–Kier alpha value is -2.07. The molecule has 0 amide bonds. The van der Waals surface area contributed by atoms with Gasteiger partial charge >= 0.3 is 0 Å². The third-order valence-corrected chi connectivity index (χ3v) is 2.24. The molecule has 0 aliphatic heterocycles. The predicted octanol–water partition coefficient (Wildman–Crippen LogP) is 2.91. The number of carbonyl (C=O) groups is 1. The van der Waals surface area contributed by atoms with Crippen LogP contribution in [-0.2, 0) is 4.79 Å². The molecule has 0 unspecified atom stereocenters. The lowest BCUT2D eigenvalue weighted by atomic mass is 9.94. The van der Waals surface area contributed by atoms with Crippen LogP contribution in [0.1, 0.15) is 12.5 Å². The van der Waals surface area contributed by atoms with Crippen molar-refractivity contribution >= 4 is 11.4 Å². The topological polar surface area (TPSA) is 17.1 Å². The van der Waals surface area contributed by atoms with Gasteiger partial charge in [-0.15, -0.1) is 0 Å². The fourth-order valence-electron chi connectivity index (χ4n) is 1.52. The number of Topliss-reactive ketones (excluding diaryl/α,β-unsaturated/α-hetero) is 1. The van der Waals surface area contributed by atoms with Crippen LogP contribution in [0.2, 0.25) is 0 Å². The van der Waals surface area contributed by atoms with Crippen LogP contribution in [0.3, 0.4) is 0 Å². The lowest BCUT2D eigenvalue weighted by molar-refractivity contribution is -0.113. The van der Waals surface area contributed by atoms with Crippen molar-refractivity contribution < 1.29 is 4.79 Å². The zero-order valence-electron chi connectivity index (χ0n) is 8.45. The molecule has 1 heteroatoms. The molecule has 1 nitrogen and oxygen atoms in total. The fraction of sp³-hybridized carbons (Fsp3) is 0.0714. The molecule has 0 fully saturated rings. The number of benzene rings is 1. The SMILES string of the molecule is CC(=O)C1=CC=C=C=C1c1ccccc1. The summed E-state index contributed by atoms with van der Waals surface area (Å²) >= 11 is 0. The summed E-state index contributed by atoms with van der Waals surface area (Å²) in [5, 5.41) is 0. The van der Waals surface area contributed by atoms with Crippen molar-refractivity contribution in [2.45, 2.75) is 6.92 Å². The van der Waals surface area contributed by atoms with Crippen LogP contribution in [0.25, 0.3) is 5.57 Å². The fourth-order valence-corrected chi connectivity index (χ4v) is 1.52. The standard InChI is InChI=1S/C14H10O/c1-11(15)13-9-5-6-10-14(13)12-7-3-2-4-8-12/h2-5,7-9H,1H3. The van der Waals surface area contributed by atoms with Gasteiger partial charge in [0.1, 0.15) is 0 Å². The van der Waals surface area contributed by atoms with E-state index >= 15 is 0 Å². The molecule has 0 heterocycles. The van der Waals surface area contributed by atoms with E-state index in [1.165, 1.54) is 0 Å². The lowest BCUT2D eigenvalue weighted by Gasteiger charge is -2.07. The average molecular weight is 194 g/mol. The first kappa shape index (κ1) is 9.48. The Labute approximate surface area is 88.7 Å². The Bertz CT molecular complexity index is 520. The second kappa shape index (κ2) is 3.98. The van der Waals surface area contributed by atoms with E-state index < -0.39 is 0 Å². The molecular formula is C14H10O. The Kier molecular flexibility index (Phi) is 2.51. The van der Waals surface area contributed by atoms with Crippen molar-refractivity contribution in [1.29, 1.82) is 0 Å². The summed E-state index contributed by atoms with van der Waals surface area (Å²) in [7, 11) is 0. The van der Waals surface area contributed by atoms with Gasteiger partial charge in [-0.3, -0.25) is 4.79 Å². The summed E-state index contributed by atoms with van der Waals surface area (Å²) < 4.78 is 0. The maximum Gasteiger partial charge on any atom is 0.161 e. The summed E-state index contributed by atoms with van der Waals surface area (Å²) in [4.78, 5) is 11.4. The number of allylic oxidation sites excluding steroid dienone is 4. The second-order valence-corrected chi connectivity index (χ2v) is 3.31. The van der Waals surface area contributed by atoms with Gasteiger partial charge < -0.3 is 0 Å². The van der Waals surface area contributed by atoms with Crippen molar-refractivity contribution in [3.05, 3.63) is 65.1 Å². The van der Waals surface area contributed by atoms with E-state index in [9.17, 15) is 4.79 Å². The summed E-state index contributed by atoms with van der Waals surface area (Å²) in [6, 6.07) is 9.77. The molecule has 1 aliphatic rings. The van der Waals surface area contributed by atoms with E-state index in [2.05, 4.69) is 11.5 Å². The third kappa shape index (κ3) is 1.89. The second-order valence-electron chi connectivity index (χ2n) is 3.31. The van der Waals surface area contributed by atoms with Gasteiger partial charge in [0.15, 0.2) is 5.78 Å². The molecule has 1 aromatic carbocycles. The molecule has 15 heavy (non-hydrogen) atoms. The van der Waals surface area contributed by atoms with E-state index in [1.54, 1.807) is 19.1 Å². The summed E-state index contributed by atoms with van der Waals surface area (Å²) in [6.07, 6.45) is 3.49. The molecule has 0 spiro atoms. The third-order valence-electron chi connectivity index (χ3n) is 2.24. The molecule has 0 bridgehead atoms. The predicted molar refractivity (Wildman–Crippen MR) is 60.2 cm³/mol. The van der Waals surface area contributed by atoms with Crippen LogP contribution >= 0.6 is 0 Å². The molecule has 0 atom stereocenters. The molecule has 0 saturated carbocycles. The van der Waals surface area contributed by atoms with Gasteiger partial charge in [0.2, 0.25) is 0 Å². The van der Waals surface area contributed by atoms with Crippen molar-refractivity contribution in [2.75, 3.05) is 0 Å². The Balaban J connectivity index is 2.54. The molecule has 72 valence electrons. The number of carbonyl (C=O) groups excluding carboxylic acids is 1. The van der Waals surface area contributed by atoms with Crippen molar-refractivity contribution in [1.82, 2.24) is 0 Å². The van der Waals surface area contributed by atoms with Gasteiger partial charge in [-0.05, 0) is 24.6 Å². The van der Waals surface area contributed by atoms with E-state index in [1.807, 2.05) is 30.3 Å². The molecule has 0 radical (unpaired) electrons. The summed E-state index contributed by atoms with van der Waals surface area (Å²) in [6.45, 7) is 1.57. The van der Waals surface area contributed by atoms with Gasteiger partial charge in [0.25, 0.3) is 0 Å². The minimum absolute atomic E-state index is 0.0547. The maximum absolute atomic E-state index is 11.4. The number of rotatable bonds is 2. The largest absolute Gasteiger partial charge is 0.294 e. The minimum atomic E-state index is 0.0547. The van der Waals surface area contributed by atoms with E-state index in [0.717, 1.165) is 11.1 Å². The molecule has 1 aromatic rings. The van der Waals surface area contributed by atoms with E-state index in [-0.39, 0.29) is 5.78 Å². The van der Waals surface area contributed by atoms with Crippen molar-refractivity contribution in [3.8, 4) is 0 Å². The first-order valence-corrected chi connectivity index (χ1v) is 4.78. The van der Waals surface area contributed by atoms with Crippen molar-refractivity contribution in [3.63, 3.8) is 0 Å². The van der Waals surface area contributed by atoms with Crippen LogP contribution in [-0.4, -0.2) is 5.78 Å². The zero-order chi connectivity index (χ0) is 10.7. The lowest BCUT2D eigenvalue weighted by Crippen LogP contribution is -2.00. The van der Waals surface area contributed by atoms with Gasteiger partial charge in [0, 0.05) is 11.1 Å². The number of hydrogen-bond acceptors (Lipinski definition) is 1. The molecule has 2 rings (SSSR count). The average Bonchev–Trinajstić information content (AvgIpc) is 2.30. The highest BCUT2D eigenvalue weighted by Crippen LogP contribution is 2.23. The maximum atomic E-state index is 11.4. The molecular weight excluding hydrogens is 184 g/mol. The van der Waals surface area contributed by atoms with Gasteiger partial charge in [-0.1, -0.05) is 41.8 Å². The van der Waals surface area contributed by atoms with E-state index in [4.69, 9.17) is 0 Å². The van der Waals surface area contributed by atoms with E-state index in [0.29, 0.717) is 5.57 Å². The highest BCUT2D eigenvalue weighted by atomic mass is 16.1. The minimum Gasteiger partial charge on any atom is -0.294 e. The Morgan fingerprint density at radius 1 is 1.20 bits per heavy atom. The van der Waals surface area contributed by atoms with Crippen molar-refractivity contribution in [2.24, 2.45) is 0 Å². The molecule has 1 aliphatic carbocycles. The first-order chi connectivity index (χ1) is 7.29. The van der Waals surface area contributed by atoms with Crippen LogP contribution < -0.4 is 0 Å². The number of hydrogen-bond donors (Lipinski definition) is 0.